The molecule has 0 aliphatic heterocycles. The van der Waals surface area contributed by atoms with E-state index in [-0.39, 0.29) is 57.5 Å². The first-order chi connectivity index (χ1) is 5.97. The third-order valence-electron chi connectivity index (χ3n) is 2.48. The molecule has 1 aliphatic rings. The molecule has 78 valence electrons. The van der Waals surface area contributed by atoms with E-state index < -0.39 is 13.5 Å². The molecule has 0 spiro atoms. The number of rotatable bonds is 3. The smallest absolute Gasteiger partial charge is 0.447 e. The normalized spacial score (nSPS) is 28.3. The van der Waals surface area contributed by atoms with E-state index >= 15 is 0 Å². The van der Waals surface area contributed by atoms with Crippen LogP contribution in [0.3, 0.4) is 0 Å². The summed E-state index contributed by atoms with van der Waals surface area (Å²) in [5.41, 5.74) is 0. The van der Waals surface area contributed by atoms with Crippen LogP contribution in [-0.4, -0.2) is 19.6 Å². The van der Waals surface area contributed by atoms with E-state index in [1.807, 2.05) is 0 Å². The molecule has 0 saturated heterocycles. The SMILES string of the molecule is CC1CCC(OC[B-](F)(F)F)CC1.[K+]. The second-order valence-corrected chi connectivity index (χ2v) is 3.93. The molecule has 0 aromatic heterocycles. The third-order valence-corrected chi connectivity index (χ3v) is 2.48. The molecule has 0 radical (unpaired) electrons. The van der Waals surface area contributed by atoms with E-state index in [0.29, 0.717) is 5.92 Å². The molecular weight excluding hydrogens is 219 g/mol. The number of hydrogen-bond acceptors (Lipinski definition) is 1. The predicted octanol–water partition coefficient (Wildman–Crippen LogP) is -0.0277. The van der Waals surface area contributed by atoms with Gasteiger partial charge in [0.2, 0.25) is 0 Å². The molecule has 0 heterocycles. The van der Waals surface area contributed by atoms with Gasteiger partial charge in [-0.1, -0.05) is 6.92 Å². The molecule has 14 heavy (non-hydrogen) atoms. The Morgan fingerprint density at radius 3 is 2.07 bits per heavy atom. The summed E-state index contributed by atoms with van der Waals surface area (Å²) in [4.78, 5) is 0. The fraction of sp³-hybridized carbons (Fsp3) is 1.00. The van der Waals surface area contributed by atoms with Gasteiger partial charge in [0.25, 0.3) is 0 Å². The van der Waals surface area contributed by atoms with Crippen LogP contribution in [0.25, 0.3) is 0 Å². The Morgan fingerprint density at radius 1 is 1.14 bits per heavy atom. The molecule has 0 N–H and O–H groups in total. The van der Waals surface area contributed by atoms with Crippen LogP contribution < -0.4 is 51.4 Å². The minimum Gasteiger partial charge on any atom is -0.447 e. The van der Waals surface area contributed by atoms with Gasteiger partial charge in [-0.3, -0.25) is 0 Å². The van der Waals surface area contributed by atoms with Gasteiger partial charge < -0.3 is 17.7 Å². The quantitative estimate of drug-likeness (QED) is 0.623. The van der Waals surface area contributed by atoms with Crippen LogP contribution in [0, 0.1) is 5.92 Å². The summed E-state index contributed by atoms with van der Waals surface area (Å²) in [6.45, 7) is -3.66. The molecule has 1 rings (SSSR count). The molecule has 0 amide bonds. The number of ether oxygens (including phenoxy) is 1. The molecule has 1 aliphatic carbocycles. The Kier molecular flexibility index (Phi) is 7.63. The Labute approximate surface area is 126 Å². The Bertz CT molecular complexity index is 157. The van der Waals surface area contributed by atoms with Gasteiger partial charge in [0.1, 0.15) is 0 Å². The number of halogens is 3. The summed E-state index contributed by atoms with van der Waals surface area (Å²) in [6.07, 6.45) is 3.41. The largest absolute Gasteiger partial charge is 1.00 e. The second kappa shape index (κ2) is 6.91. The van der Waals surface area contributed by atoms with Gasteiger partial charge in [-0.15, -0.1) is 0 Å². The van der Waals surface area contributed by atoms with Crippen LogP contribution in [0.2, 0.25) is 0 Å². The van der Waals surface area contributed by atoms with Gasteiger partial charge >= 0.3 is 58.4 Å². The third kappa shape index (κ3) is 6.85. The zero-order chi connectivity index (χ0) is 9.90. The first-order valence-electron chi connectivity index (χ1n) is 4.80. The van der Waals surface area contributed by atoms with Crippen molar-refractivity contribution in [3.8, 4) is 0 Å². The van der Waals surface area contributed by atoms with Gasteiger partial charge in [-0.2, -0.15) is 0 Å². The van der Waals surface area contributed by atoms with Crippen LogP contribution in [0.15, 0.2) is 0 Å². The minimum atomic E-state index is -4.76. The van der Waals surface area contributed by atoms with Gasteiger partial charge in [0, 0.05) is 6.51 Å². The van der Waals surface area contributed by atoms with Gasteiger partial charge in [-0.25, -0.2) is 0 Å². The van der Waals surface area contributed by atoms with Crippen LogP contribution in [0.1, 0.15) is 32.6 Å². The van der Waals surface area contributed by atoms with Crippen LogP contribution in [0.5, 0.6) is 0 Å². The monoisotopic (exact) mass is 234 g/mol. The molecule has 0 bridgehead atoms. The molecule has 0 aromatic carbocycles. The average molecular weight is 234 g/mol. The minimum absolute atomic E-state index is 0. The topological polar surface area (TPSA) is 9.23 Å². The van der Waals surface area contributed by atoms with Crippen LogP contribution in [0.4, 0.5) is 12.9 Å². The van der Waals surface area contributed by atoms with E-state index in [0.717, 1.165) is 25.7 Å². The fourth-order valence-corrected chi connectivity index (χ4v) is 1.64. The van der Waals surface area contributed by atoms with Crippen LogP contribution >= 0.6 is 0 Å². The number of hydrogen-bond donors (Lipinski definition) is 0. The van der Waals surface area contributed by atoms with Crippen molar-refractivity contribution in [1.29, 1.82) is 0 Å². The van der Waals surface area contributed by atoms with Crippen LogP contribution in [-0.2, 0) is 4.74 Å². The van der Waals surface area contributed by atoms with Gasteiger partial charge in [0.15, 0.2) is 0 Å². The molecule has 1 saturated carbocycles. The maximum absolute atomic E-state index is 11.8. The maximum atomic E-state index is 11.8. The molecular formula is C8H15BF3KO. The summed E-state index contributed by atoms with van der Waals surface area (Å²) >= 11 is 0. The summed E-state index contributed by atoms with van der Waals surface area (Å²) in [7, 11) is 0. The van der Waals surface area contributed by atoms with Crippen molar-refractivity contribution in [2.75, 3.05) is 6.51 Å². The molecule has 0 aromatic rings. The Hall–Kier alpha value is 1.45. The zero-order valence-corrected chi connectivity index (χ0v) is 11.9. The van der Waals surface area contributed by atoms with E-state index in [4.69, 9.17) is 4.74 Å². The molecule has 0 atom stereocenters. The van der Waals surface area contributed by atoms with Gasteiger partial charge in [-0.05, 0) is 31.6 Å². The second-order valence-electron chi connectivity index (χ2n) is 3.93. The Morgan fingerprint density at radius 2 is 1.64 bits per heavy atom. The molecule has 1 nitrogen and oxygen atoms in total. The summed E-state index contributed by atoms with van der Waals surface area (Å²) in [5, 5.41) is 0. The van der Waals surface area contributed by atoms with Crippen molar-refractivity contribution in [2.45, 2.75) is 38.7 Å². The first kappa shape index (κ1) is 15.5. The standard InChI is InChI=1S/C8H15BF3O.K/c1-7-2-4-8(5-3-7)13-6-9(10,11)12;/h7-8H,2-6H2,1H3;/q-1;+1. The summed E-state index contributed by atoms with van der Waals surface area (Å²) in [6, 6.07) is 0. The summed E-state index contributed by atoms with van der Waals surface area (Å²) < 4.78 is 40.3. The molecule has 1 fully saturated rings. The maximum Gasteiger partial charge on any atom is 1.00 e. The van der Waals surface area contributed by atoms with Gasteiger partial charge in [0.05, 0.1) is 6.10 Å². The van der Waals surface area contributed by atoms with Crippen molar-refractivity contribution in [3.05, 3.63) is 0 Å². The van der Waals surface area contributed by atoms with E-state index in [2.05, 4.69) is 6.92 Å². The predicted molar refractivity (Wildman–Crippen MR) is 46.5 cm³/mol. The van der Waals surface area contributed by atoms with Crippen molar-refractivity contribution in [2.24, 2.45) is 5.92 Å². The zero-order valence-electron chi connectivity index (χ0n) is 8.81. The first-order valence-corrected chi connectivity index (χ1v) is 4.80. The molecule has 6 heteroatoms. The molecule has 0 unspecified atom stereocenters. The van der Waals surface area contributed by atoms with Crippen molar-refractivity contribution in [1.82, 2.24) is 0 Å². The van der Waals surface area contributed by atoms with E-state index in [1.54, 1.807) is 0 Å². The van der Waals surface area contributed by atoms with Crippen molar-refractivity contribution >= 4 is 6.98 Å². The van der Waals surface area contributed by atoms with E-state index in [1.165, 1.54) is 0 Å². The fourth-order valence-electron chi connectivity index (χ4n) is 1.64. The van der Waals surface area contributed by atoms with Crippen molar-refractivity contribution in [3.63, 3.8) is 0 Å². The van der Waals surface area contributed by atoms with Crippen molar-refractivity contribution < 1.29 is 69.1 Å². The average Bonchev–Trinajstić information content (AvgIpc) is 2.02. The summed E-state index contributed by atoms with van der Waals surface area (Å²) in [5.74, 6) is 0.649. The Balaban J connectivity index is 0.00000169. The van der Waals surface area contributed by atoms with E-state index in [9.17, 15) is 12.9 Å².